The fourth-order valence-corrected chi connectivity index (χ4v) is 8.54. The molecule has 5 aromatic rings. The summed E-state index contributed by atoms with van der Waals surface area (Å²) in [5, 5.41) is 2.49. The zero-order valence-electron chi connectivity index (χ0n) is 27.2. The van der Waals surface area contributed by atoms with Gasteiger partial charge in [-0.2, -0.15) is 0 Å². The summed E-state index contributed by atoms with van der Waals surface area (Å²) < 4.78 is 43.3. The predicted octanol–water partition coefficient (Wildman–Crippen LogP) is 7.19. The summed E-state index contributed by atoms with van der Waals surface area (Å²) in [6.45, 7) is 4.85. The van der Waals surface area contributed by atoms with Gasteiger partial charge < -0.3 is 9.80 Å². The van der Waals surface area contributed by atoms with Crippen molar-refractivity contribution in [3.05, 3.63) is 109 Å². The highest BCUT2D eigenvalue weighted by Gasteiger charge is 2.61. The van der Waals surface area contributed by atoms with Crippen molar-refractivity contribution in [1.29, 1.82) is 0 Å². The molecule has 188 valence electrons. The third-order valence-electron chi connectivity index (χ3n) is 10.5. The molecule has 0 saturated heterocycles. The second-order valence-electron chi connectivity index (χ2n) is 12.1. The molecule has 3 heteroatoms. The van der Waals surface area contributed by atoms with Crippen LogP contribution in [-0.2, 0) is 5.41 Å². The van der Waals surface area contributed by atoms with Crippen LogP contribution in [0.25, 0.3) is 10.8 Å². The first kappa shape index (κ1) is 17.6. The van der Waals surface area contributed by atoms with Crippen molar-refractivity contribution in [2.75, 3.05) is 9.80 Å². The minimum absolute atomic E-state index is 0.0552. The molecule has 0 aromatic heterocycles. The van der Waals surface area contributed by atoms with Crippen LogP contribution < -0.4 is 26.2 Å². The zero-order valence-corrected chi connectivity index (χ0v) is 22.2. The van der Waals surface area contributed by atoms with Crippen LogP contribution in [0.2, 0.25) is 0 Å². The van der Waals surface area contributed by atoms with Gasteiger partial charge >= 0.3 is 0 Å². The lowest BCUT2D eigenvalue weighted by molar-refractivity contribution is 0.195. The summed E-state index contributed by atoms with van der Waals surface area (Å²) in [6, 6.07) is 24.5. The summed E-state index contributed by atoms with van der Waals surface area (Å²) in [4.78, 5) is 4.61. The molecule has 0 radical (unpaired) electrons. The molecular weight excluding hydrogens is 471 g/mol. The van der Waals surface area contributed by atoms with Crippen molar-refractivity contribution in [3.8, 4) is 0 Å². The smallest absolute Gasteiger partial charge is 0.252 e. The molecule has 2 nitrogen and oxygen atoms in total. The molecule has 1 fully saturated rings. The second-order valence-corrected chi connectivity index (χ2v) is 12.1. The first-order valence-corrected chi connectivity index (χ1v) is 14.1. The molecule has 0 spiro atoms. The van der Waals surface area contributed by atoms with Crippen molar-refractivity contribution >= 4 is 62.3 Å². The highest BCUT2D eigenvalue weighted by molar-refractivity contribution is 7.00. The molecule has 9 rings (SSSR count). The van der Waals surface area contributed by atoms with Gasteiger partial charge in [0.25, 0.3) is 6.71 Å². The van der Waals surface area contributed by atoms with Gasteiger partial charge in [0.2, 0.25) is 0 Å². The summed E-state index contributed by atoms with van der Waals surface area (Å²) >= 11 is 0. The summed E-state index contributed by atoms with van der Waals surface area (Å²) in [5.41, 5.74) is 9.16. The van der Waals surface area contributed by atoms with Gasteiger partial charge in [-0.15, -0.1) is 0 Å². The zero-order chi connectivity index (χ0) is 30.3. The van der Waals surface area contributed by atoms with E-state index in [-0.39, 0.29) is 53.6 Å². The average molecular weight is 508 g/mol. The van der Waals surface area contributed by atoms with E-state index in [9.17, 15) is 0 Å². The minimum Gasteiger partial charge on any atom is -0.335 e. The molecule has 2 unspecified atom stereocenters. The lowest BCUT2D eigenvalue weighted by Gasteiger charge is -2.52. The highest BCUT2D eigenvalue weighted by Crippen LogP contribution is 2.62. The Morgan fingerprint density at radius 2 is 1.54 bits per heavy atom. The second kappa shape index (κ2) is 7.36. The number of para-hydroxylation sites is 2. The van der Waals surface area contributed by atoms with E-state index in [1.165, 1.54) is 51.5 Å². The third-order valence-corrected chi connectivity index (χ3v) is 10.5. The Morgan fingerprint density at radius 1 is 0.744 bits per heavy atom. The van der Waals surface area contributed by atoms with Crippen molar-refractivity contribution in [1.82, 2.24) is 0 Å². The van der Waals surface area contributed by atoms with Gasteiger partial charge in [-0.1, -0.05) is 98.6 Å². The van der Waals surface area contributed by atoms with Crippen LogP contribution >= 0.6 is 0 Å². The Hall–Kier alpha value is -3.98. The van der Waals surface area contributed by atoms with Gasteiger partial charge in [0, 0.05) is 39.2 Å². The van der Waals surface area contributed by atoms with Crippen LogP contribution in [-0.4, -0.2) is 12.3 Å². The predicted molar refractivity (Wildman–Crippen MR) is 166 cm³/mol. The monoisotopic (exact) mass is 507 g/mol. The van der Waals surface area contributed by atoms with Crippen LogP contribution in [0.4, 0.5) is 28.4 Å². The highest BCUT2D eigenvalue weighted by atomic mass is 15.3. The first-order chi connectivity index (χ1) is 21.2. The molecule has 5 aromatic carbocycles. The van der Waals surface area contributed by atoms with Gasteiger partial charge in [-0.05, 0) is 71.3 Å². The van der Waals surface area contributed by atoms with Gasteiger partial charge in [0.15, 0.2) is 0 Å². The number of rotatable bonds is 1. The maximum atomic E-state index is 8.99. The van der Waals surface area contributed by atoms with Crippen molar-refractivity contribution in [2.45, 2.75) is 50.5 Å². The van der Waals surface area contributed by atoms with Crippen molar-refractivity contribution in [3.63, 3.8) is 0 Å². The molecule has 2 atom stereocenters. The number of hydrogen-bond acceptors (Lipinski definition) is 2. The van der Waals surface area contributed by atoms with Gasteiger partial charge in [0.05, 0.1) is 12.4 Å². The number of fused-ring (bicyclic) bond motifs is 10. The van der Waals surface area contributed by atoms with Crippen LogP contribution in [0.15, 0.2) is 103 Å². The standard InChI is InChI=1S/C36H31BN2/c1-35-22-10-11-23-36(35,2)39-33-26-15-7-6-12-24(26)18-20-29(33)37-28-16-8-9-17-30(28)38(25-13-4-3-5-14-25)31-21-19-27(35)34(39)32(31)37/h3-9,12-21H,10-11,22-23H2,1-2H3/i3D,4D,5D,13D,14D. The minimum atomic E-state index is -0.376. The van der Waals surface area contributed by atoms with Gasteiger partial charge in [-0.25, -0.2) is 0 Å². The van der Waals surface area contributed by atoms with Crippen LogP contribution in [0.3, 0.4) is 0 Å². The van der Waals surface area contributed by atoms with Gasteiger partial charge in [0.1, 0.15) is 0 Å². The lowest BCUT2D eigenvalue weighted by Crippen LogP contribution is -2.64. The largest absolute Gasteiger partial charge is 0.335 e. The number of anilines is 5. The van der Waals surface area contributed by atoms with E-state index in [1.807, 2.05) is 17.0 Å². The van der Waals surface area contributed by atoms with Crippen LogP contribution in [0.5, 0.6) is 0 Å². The number of benzene rings is 5. The maximum Gasteiger partial charge on any atom is 0.252 e. The van der Waals surface area contributed by atoms with E-state index in [1.54, 1.807) is 0 Å². The molecule has 0 bridgehead atoms. The van der Waals surface area contributed by atoms with Crippen molar-refractivity contribution < 1.29 is 6.85 Å². The molecule has 1 saturated carbocycles. The Morgan fingerprint density at radius 3 is 2.44 bits per heavy atom. The molecule has 0 amide bonds. The SMILES string of the molecule is [2H]c1c([2H])c([2H])c(N2c3ccccc3B3c4ccc5ccccc5c4N4c5c(ccc2c53)C2(C)CCCCC42C)c([2H])c1[2H]. The molecule has 4 aliphatic rings. The number of hydrogen-bond donors (Lipinski definition) is 0. The lowest BCUT2D eigenvalue weighted by atomic mass is 9.33. The van der Waals surface area contributed by atoms with E-state index in [0.29, 0.717) is 0 Å². The summed E-state index contributed by atoms with van der Waals surface area (Å²) in [5.74, 6) is 0. The molecular formula is C36H31BN2. The molecule has 1 aliphatic carbocycles. The molecule has 3 heterocycles. The first-order valence-electron chi connectivity index (χ1n) is 16.6. The van der Waals surface area contributed by atoms with E-state index in [2.05, 4.69) is 79.4 Å². The fraction of sp³-hybridized carbons (Fsp3) is 0.222. The van der Waals surface area contributed by atoms with E-state index in [4.69, 9.17) is 6.85 Å². The topological polar surface area (TPSA) is 6.48 Å². The normalized spacial score (nSPS) is 25.6. The van der Waals surface area contributed by atoms with E-state index in [0.717, 1.165) is 29.7 Å². The van der Waals surface area contributed by atoms with Crippen LogP contribution in [0.1, 0.15) is 51.9 Å². The van der Waals surface area contributed by atoms with E-state index < -0.39 is 0 Å². The van der Waals surface area contributed by atoms with E-state index >= 15 is 0 Å². The number of nitrogens with zero attached hydrogens (tertiary/aromatic N) is 2. The molecule has 3 aliphatic heterocycles. The Balaban J connectivity index is 1.46. The van der Waals surface area contributed by atoms with Gasteiger partial charge in [-0.3, -0.25) is 0 Å². The molecule has 39 heavy (non-hydrogen) atoms. The quantitative estimate of drug-likeness (QED) is 0.217. The van der Waals surface area contributed by atoms with Crippen LogP contribution in [0, 0.1) is 0 Å². The maximum absolute atomic E-state index is 8.99. The Kier molecular flexibility index (Phi) is 3.32. The molecule has 0 N–H and O–H groups in total. The Labute approximate surface area is 238 Å². The summed E-state index contributed by atoms with van der Waals surface area (Å²) in [6.07, 6.45) is 4.57. The average Bonchev–Trinajstić information content (AvgIpc) is 3.26. The van der Waals surface area contributed by atoms with Crippen molar-refractivity contribution in [2.24, 2.45) is 0 Å². The Bertz CT molecular complexity index is 2080. The summed E-state index contributed by atoms with van der Waals surface area (Å²) in [7, 11) is 0. The third kappa shape index (κ3) is 2.51. The fourth-order valence-electron chi connectivity index (χ4n) is 8.54.